The van der Waals surface area contributed by atoms with Crippen molar-refractivity contribution < 1.29 is 14.6 Å². The van der Waals surface area contributed by atoms with Crippen LogP contribution in [0.15, 0.2) is 42.5 Å². The molecule has 0 radical (unpaired) electrons. The van der Waals surface area contributed by atoms with Crippen molar-refractivity contribution in [3.05, 3.63) is 64.2 Å². The van der Waals surface area contributed by atoms with E-state index in [0.717, 1.165) is 23.3 Å². The number of rotatable bonds is 4. The lowest BCUT2D eigenvalue weighted by Gasteiger charge is -2.13. The Hall–Kier alpha value is -2.04. The number of ether oxygens (including phenoxy) is 1. The number of carbonyl (C=O) groups excluding carboxylic acids is 1. The Morgan fingerprint density at radius 2 is 2.14 bits per heavy atom. The maximum atomic E-state index is 12.1. The van der Waals surface area contributed by atoms with E-state index in [9.17, 15) is 9.90 Å². The van der Waals surface area contributed by atoms with E-state index in [0.29, 0.717) is 17.2 Å². The van der Waals surface area contributed by atoms with Gasteiger partial charge in [0.25, 0.3) is 5.91 Å². The minimum Gasteiger partial charge on any atom is -0.493 e. The lowest BCUT2D eigenvalue weighted by molar-refractivity contribution is 0.0916. The molecule has 114 valence electrons. The van der Waals surface area contributed by atoms with Gasteiger partial charge in [0.15, 0.2) is 0 Å². The molecule has 2 N–H and O–H groups in total. The van der Waals surface area contributed by atoms with Gasteiger partial charge in [0.2, 0.25) is 0 Å². The first kappa shape index (κ1) is 14.9. The van der Waals surface area contributed by atoms with Crippen LogP contribution in [-0.4, -0.2) is 24.2 Å². The average Bonchev–Trinajstić information content (AvgIpc) is 3.00. The van der Waals surface area contributed by atoms with Crippen LogP contribution in [0.3, 0.4) is 0 Å². The largest absolute Gasteiger partial charge is 0.493 e. The summed E-state index contributed by atoms with van der Waals surface area (Å²) in [4.78, 5) is 12.1. The van der Waals surface area contributed by atoms with E-state index >= 15 is 0 Å². The molecule has 2 aromatic rings. The van der Waals surface area contributed by atoms with Crippen molar-refractivity contribution in [3.63, 3.8) is 0 Å². The van der Waals surface area contributed by atoms with Crippen LogP contribution in [0.5, 0.6) is 5.75 Å². The SMILES string of the molecule is O=C(NC[C@@H](O)c1ccc2c(c1)CCO2)c1ccccc1Cl. The van der Waals surface area contributed by atoms with E-state index < -0.39 is 6.10 Å². The van der Waals surface area contributed by atoms with Crippen LogP contribution >= 0.6 is 11.6 Å². The van der Waals surface area contributed by atoms with Crippen molar-refractivity contribution in [1.29, 1.82) is 0 Å². The molecule has 0 saturated heterocycles. The van der Waals surface area contributed by atoms with Crippen molar-refractivity contribution in [3.8, 4) is 5.75 Å². The number of fused-ring (bicyclic) bond motifs is 1. The summed E-state index contributed by atoms with van der Waals surface area (Å²) in [6, 6.07) is 12.4. The van der Waals surface area contributed by atoms with E-state index in [4.69, 9.17) is 16.3 Å². The highest BCUT2D eigenvalue weighted by Gasteiger charge is 2.17. The fourth-order valence-corrected chi connectivity index (χ4v) is 2.68. The molecule has 22 heavy (non-hydrogen) atoms. The normalized spacial score (nSPS) is 14.1. The Kier molecular flexibility index (Phi) is 4.32. The second kappa shape index (κ2) is 6.38. The summed E-state index contributed by atoms with van der Waals surface area (Å²) in [7, 11) is 0. The lowest BCUT2D eigenvalue weighted by Crippen LogP contribution is -2.28. The summed E-state index contributed by atoms with van der Waals surface area (Å²) in [5.41, 5.74) is 2.26. The third-order valence-corrected chi connectivity index (χ3v) is 4.00. The first-order valence-electron chi connectivity index (χ1n) is 7.11. The number of halogens is 1. The summed E-state index contributed by atoms with van der Waals surface area (Å²) in [5, 5.41) is 13.3. The molecule has 1 atom stereocenters. The Morgan fingerprint density at radius 3 is 2.95 bits per heavy atom. The molecule has 1 heterocycles. The molecule has 0 bridgehead atoms. The number of amides is 1. The molecular weight excluding hydrogens is 302 g/mol. The molecular formula is C17H16ClNO3. The Bertz CT molecular complexity index is 702. The van der Waals surface area contributed by atoms with Crippen molar-refractivity contribution in [2.24, 2.45) is 0 Å². The van der Waals surface area contributed by atoms with Gasteiger partial charge in [-0.15, -0.1) is 0 Å². The Morgan fingerprint density at radius 1 is 1.32 bits per heavy atom. The van der Waals surface area contributed by atoms with Crippen molar-refractivity contribution in [1.82, 2.24) is 5.32 Å². The summed E-state index contributed by atoms with van der Waals surface area (Å²) in [6.07, 6.45) is 0.0827. The van der Waals surface area contributed by atoms with Crippen LogP contribution < -0.4 is 10.1 Å². The minimum atomic E-state index is -0.766. The van der Waals surface area contributed by atoms with Gasteiger partial charge in [-0.2, -0.15) is 0 Å². The van der Waals surface area contributed by atoms with E-state index in [1.165, 1.54) is 0 Å². The van der Waals surface area contributed by atoms with Crippen molar-refractivity contribution >= 4 is 17.5 Å². The van der Waals surface area contributed by atoms with Crippen LogP contribution in [0.25, 0.3) is 0 Å². The zero-order chi connectivity index (χ0) is 15.5. The second-order valence-corrected chi connectivity index (χ2v) is 5.58. The first-order valence-corrected chi connectivity index (χ1v) is 7.49. The van der Waals surface area contributed by atoms with Gasteiger partial charge in [0.05, 0.1) is 23.3 Å². The number of benzene rings is 2. The Labute approximate surface area is 133 Å². The van der Waals surface area contributed by atoms with Crippen LogP contribution in [0, 0.1) is 0 Å². The Balaban J connectivity index is 1.64. The van der Waals surface area contributed by atoms with Gasteiger partial charge in [-0.25, -0.2) is 0 Å². The second-order valence-electron chi connectivity index (χ2n) is 5.17. The molecule has 1 aliphatic rings. The molecule has 2 aromatic carbocycles. The fraction of sp³-hybridized carbons (Fsp3) is 0.235. The first-order chi connectivity index (χ1) is 10.6. The van der Waals surface area contributed by atoms with Crippen LogP contribution in [0.1, 0.15) is 27.6 Å². The van der Waals surface area contributed by atoms with Gasteiger partial charge in [-0.3, -0.25) is 4.79 Å². The maximum absolute atomic E-state index is 12.1. The molecule has 1 amide bonds. The van der Waals surface area contributed by atoms with E-state index in [-0.39, 0.29) is 12.5 Å². The van der Waals surface area contributed by atoms with Gasteiger partial charge >= 0.3 is 0 Å². The lowest BCUT2D eigenvalue weighted by atomic mass is 10.0. The topological polar surface area (TPSA) is 58.6 Å². The monoisotopic (exact) mass is 317 g/mol. The molecule has 4 nitrogen and oxygen atoms in total. The fourth-order valence-electron chi connectivity index (χ4n) is 2.46. The van der Waals surface area contributed by atoms with Gasteiger partial charge < -0.3 is 15.2 Å². The third-order valence-electron chi connectivity index (χ3n) is 3.67. The molecule has 0 spiro atoms. The number of hydrogen-bond donors (Lipinski definition) is 2. The van der Waals surface area contributed by atoms with Crippen LogP contribution in [0.4, 0.5) is 0 Å². The number of carbonyl (C=O) groups is 1. The summed E-state index contributed by atoms with van der Waals surface area (Å²) in [5.74, 6) is 0.574. The molecule has 5 heteroatoms. The van der Waals surface area contributed by atoms with E-state index in [2.05, 4.69) is 5.32 Å². The molecule has 0 unspecified atom stereocenters. The van der Waals surface area contributed by atoms with Gasteiger partial charge in [0.1, 0.15) is 5.75 Å². The van der Waals surface area contributed by atoms with Gasteiger partial charge in [-0.1, -0.05) is 29.8 Å². The molecule has 0 aromatic heterocycles. The molecule has 0 fully saturated rings. The molecule has 0 saturated carbocycles. The summed E-state index contributed by atoms with van der Waals surface area (Å²) in [6.45, 7) is 0.807. The zero-order valence-corrected chi connectivity index (χ0v) is 12.6. The van der Waals surface area contributed by atoms with E-state index in [1.54, 1.807) is 24.3 Å². The van der Waals surface area contributed by atoms with Crippen molar-refractivity contribution in [2.45, 2.75) is 12.5 Å². The summed E-state index contributed by atoms with van der Waals surface area (Å²) < 4.78 is 5.44. The van der Waals surface area contributed by atoms with Crippen molar-refractivity contribution in [2.75, 3.05) is 13.2 Å². The van der Waals surface area contributed by atoms with E-state index in [1.807, 2.05) is 18.2 Å². The highest BCUT2D eigenvalue weighted by molar-refractivity contribution is 6.33. The smallest absolute Gasteiger partial charge is 0.252 e. The third kappa shape index (κ3) is 3.08. The number of hydrogen-bond acceptors (Lipinski definition) is 3. The maximum Gasteiger partial charge on any atom is 0.252 e. The molecule has 0 aliphatic carbocycles. The number of aliphatic hydroxyl groups is 1. The van der Waals surface area contributed by atoms with Gasteiger partial charge in [-0.05, 0) is 35.4 Å². The minimum absolute atomic E-state index is 0.129. The predicted molar refractivity (Wildman–Crippen MR) is 84.4 cm³/mol. The zero-order valence-electron chi connectivity index (χ0n) is 11.9. The molecule has 1 aliphatic heterocycles. The number of aliphatic hydroxyl groups excluding tert-OH is 1. The average molecular weight is 318 g/mol. The predicted octanol–water partition coefficient (Wildman–Crippen LogP) is 2.74. The highest BCUT2D eigenvalue weighted by Crippen LogP contribution is 2.28. The van der Waals surface area contributed by atoms with Gasteiger partial charge in [0, 0.05) is 13.0 Å². The standard InChI is InChI=1S/C17H16ClNO3/c18-14-4-2-1-3-13(14)17(21)19-10-15(20)11-5-6-16-12(9-11)7-8-22-16/h1-6,9,15,20H,7-8,10H2,(H,19,21)/t15-/m1/s1. The molecule has 3 rings (SSSR count). The highest BCUT2D eigenvalue weighted by atomic mass is 35.5. The van der Waals surface area contributed by atoms with Crippen LogP contribution in [-0.2, 0) is 6.42 Å². The van der Waals surface area contributed by atoms with Crippen LogP contribution in [0.2, 0.25) is 5.02 Å². The number of nitrogens with one attached hydrogen (secondary N) is 1. The summed E-state index contributed by atoms with van der Waals surface area (Å²) >= 11 is 5.98. The quantitative estimate of drug-likeness (QED) is 0.911.